The molecule has 3 rings (SSSR count). The van der Waals surface area contributed by atoms with Gasteiger partial charge in [-0.05, 0) is 6.54 Å². The van der Waals surface area contributed by atoms with Gasteiger partial charge >= 0.3 is 0 Å². The van der Waals surface area contributed by atoms with Crippen molar-refractivity contribution in [1.82, 2.24) is 9.38 Å². The van der Waals surface area contributed by atoms with E-state index in [1.165, 1.54) is 5.69 Å². The van der Waals surface area contributed by atoms with Crippen molar-refractivity contribution in [2.75, 3.05) is 38.8 Å². The van der Waals surface area contributed by atoms with E-state index < -0.39 is 0 Å². The minimum absolute atomic E-state index is 0.0884. The molecule has 20 heavy (non-hydrogen) atoms. The molecule has 1 aliphatic rings. The molecule has 0 amide bonds. The van der Waals surface area contributed by atoms with Crippen LogP contribution in [0.1, 0.15) is 5.69 Å². The zero-order valence-electron chi connectivity index (χ0n) is 11.8. The first-order chi connectivity index (χ1) is 9.78. The third kappa shape index (κ3) is 2.20. The maximum absolute atomic E-state index is 5.75. The number of thiazole rings is 1. The van der Waals surface area contributed by atoms with E-state index in [1.807, 2.05) is 5.38 Å². The molecule has 1 fully saturated rings. The second-order valence-electron chi connectivity index (χ2n) is 4.93. The summed E-state index contributed by atoms with van der Waals surface area (Å²) in [5, 5.41) is 2.05. The van der Waals surface area contributed by atoms with Crippen molar-refractivity contribution >= 4 is 22.1 Å². The molecule has 0 aromatic carbocycles. The minimum atomic E-state index is 0.0884. The number of aromatic nitrogens is 2. The highest BCUT2D eigenvalue weighted by Crippen LogP contribution is 2.29. The van der Waals surface area contributed by atoms with Gasteiger partial charge in [0.15, 0.2) is 10.8 Å². The van der Waals surface area contributed by atoms with Crippen LogP contribution in [-0.4, -0.2) is 55.4 Å². The Morgan fingerprint density at radius 3 is 2.65 bits per heavy atom. The zero-order valence-corrected chi connectivity index (χ0v) is 12.6. The van der Waals surface area contributed by atoms with Crippen LogP contribution in [0.5, 0.6) is 0 Å². The Balaban J connectivity index is 1.93. The molecule has 1 aliphatic heterocycles. The lowest BCUT2D eigenvalue weighted by Crippen LogP contribution is -2.27. The molecule has 2 N–H and O–H groups in total. The van der Waals surface area contributed by atoms with Gasteiger partial charge in [0.2, 0.25) is 0 Å². The van der Waals surface area contributed by atoms with E-state index in [-0.39, 0.29) is 12.2 Å². The molecule has 110 valence electrons. The van der Waals surface area contributed by atoms with Gasteiger partial charge in [-0.15, -0.1) is 11.3 Å². The summed E-state index contributed by atoms with van der Waals surface area (Å²) < 4.78 is 13.1. The van der Waals surface area contributed by atoms with E-state index in [9.17, 15) is 0 Å². The monoisotopic (exact) mass is 296 g/mol. The summed E-state index contributed by atoms with van der Waals surface area (Å²) in [5.41, 5.74) is 6.92. The Kier molecular flexibility index (Phi) is 3.93. The fourth-order valence-corrected chi connectivity index (χ4v) is 3.54. The molecule has 2 unspecified atom stereocenters. The van der Waals surface area contributed by atoms with Crippen molar-refractivity contribution in [3.05, 3.63) is 17.3 Å². The van der Waals surface area contributed by atoms with Crippen LogP contribution >= 0.6 is 11.3 Å². The minimum Gasteiger partial charge on any atom is -0.377 e. The highest BCUT2D eigenvalue weighted by Gasteiger charge is 2.35. The molecular formula is C13H20N4O2S. The van der Waals surface area contributed by atoms with Crippen molar-refractivity contribution in [2.45, 2.75) is 18.6 Å². The van der Waals surface area contributed by atoms with E-state index in [2.05, 4.69) is 15.5 Å². The normalized spacial score (nSPS) is 23.1. The van der Waals surface area contributed by atoms with Gasteiger partial charge in [-0.3, -0.25) is 4.40 Å². The summed E-state index contributed by atoms with van der Waals surface area (Å²) >= 11 is 1.64. The molecular weight excluding hydrogens is 276 g/mol. The van der Waals surface area contributed by atoms with E-state index >= 15 is 0 Å². The van der Waals surface area contributed by atoms with Crippen molar-refractivity contribution in [3.8, 4) is 0 Å². The van der Waals surface area contributed by atoms with Gasteiger partial charge in [-0.25, -0.2) is 4.98 Å². The third-order valence-electron chi connectivity index (χ3n) is 3.84. The predicted octanol–water partition coefficient (Wildman–Crippen LogP) is 0.747. The van der Waals surface area contributed by atoms with Gasteiger partial charge < -0.3 is 20.1 Å². The van der Waals surface area contributed by atoms with Crippen LogP contribution in [0.4, 0.5) is 5.82 Å². The molecule has 2 aromatic rings. The molecule has 1 saturated heterocycles. The quantitative estimate of drug-likeness (QED) is 0.882. The number of hydrogen-bond donors (Lipinski definition) is 1. The van der Waals surface area contributed by atoms with Gasteiger partial charge in [0, 0.05) is 45.3 Å². The number of anilines is 1. The van der Waals surface area contributed by atoms with Crippen LogP contribution < -0.4 is 10.6 Å². The number of imidazole rings is 1. The number of hydrogen-bond acceptors (Lipinski definition) is 6. The molecule has 2 atom stereocenters. The second-order valence-corrected chi connectivity index (χ2v) is 5.80. The summed E-state index contributed by atoms with van der Waals surface area (Å²) in [7, 11) is 3.46. The molecule has 7 heteroatoms. The average Bonchev–Trinajstić information content (AvgIpc) is 3.13. The summed E-state index contributed by atoms with van der Waals surface area (Å²) in [6, 6.07) is 0. The summed E-state index contributed by atoms with van der Waals surface area (Å²) in [4.78, 5) is 8.01. The number of rotatable bonds is 5. The van der Waals surface area contributed by atoms with E-state index in [0.29, 0.717) is 6.54 Å². The van der Waals surface area contributed by atoms with Crippen molar-refractivity contribution in [2.24, 2.45) is 5.73 Å². The molecule has 0 radical (unpaired) electrons. The SMILES string of the molecule is COC1CN(c2nc3sccn3c2CCN)CC1OC. The van der Waals surface area contributed by atoms with Gasteiger partial charge in [-0.2, -0.15) is 0 Å². The number of nitrogens with zero attached hydrogens (tertiary/aromatic N) is 3. The molecule has 6 nitrogen and oxygen atoms in total. The number of nitrogens with two attached hydrogens (primary N) is 1. The van der Waals surface area contributed by atoms with Crippen molar-refractivity contribution in [1.29, 1.82) is 0 Å². The average molecular weight is 296 g/mol. The lowest BCUT2D eigenvalue weighted by Gasteiger charge is -2.16. The first-order valence-corrected chi connectivity index (χ1v) is 7.61. The smallest absolute Gasteiger partial charge is 0.195 e. The number of methoxy groups -OCH3 is 2. The highest BCUT2D eigenvalue weighted by atomic mass is 32.1. The van der Waals surface area contributed by atoms with Crippen LogP contribution in [0.15, 0.2) is 11.6 Å². The number of fused-ring (bicyclic) bond motifs is 1. The van der Waals surface area contributed by atoms with Gasteiger partial charge in [0.25, 0.3) is 0 Å². The van der Waals surface area contributed by atoms with Crippen LogP contribution in [0.2, 0.25) is 0 Å². The van der Waals surface area contributed by atoms with Crippen molar-refractivity contribution < 1.29 is 9.47 Å². The first-order valence-electron chi connectivity index (χ1n) is 6.73. The maximum atomic E-state index is 5.75. The maximum Gasteiger partial charge on any atom is 0.195 e. The lowest BCUT2D eigenvalue weighted by molar-refractivity contribution is -0.00461. The highest BCUT2D eigenvalue weighted by molar-refractivity contribution is 7.15. The van der Waals surface area contributed by atoms with Gasteiger partial charge in [0.05, 0.1) is 5.69 Å². The van der Waals surface area contributed by atoms with E-state index in [4.69, 9.17) is 20.2 Å². The zero-order chi connectivity index (χ0) is 14.1. The fourth-order valence-electron chi connectivity index (χ4n) is 2.81. The third-order valence-corrected chi connectivity index (χ3v) is 4.60. The van der Waals surface area contributed by atoms with E-state index in [1.54, 1.807) is 25.6 Å². The molecule has 3 heterocycles. The molecule has 0 spiro atoms. The molecule has 0 aliphatic carbocycles. The van der Waals surface area contributed by atoms with Gasteiger partial charge in [0.1, 0.15) is 12.2 Å². The lowest BCUT2D eigenvalue weighted by atomic mass is 10.3. The van der Waals surface area contributed by atoms with Crippen LogP contribution in [0.3, 0.4) is 0 Å². The Labute approximate surface area is 122 Å². The Bertz CT molecular complexity index is 570. The fraction of sp³-hybridized carbons (Fsp3) is 0.615. The van der Waals surface area contributed by atoms with Gasteiger partial charge in [-0.1, -0.05) is 0 Å². The largest absolute Gasteiger partial charge is 0.377 e. The molecule has 0 saturated carbocycles. The summed E-state index contributed by atoms with van der Waals surface area (Å²) in [6.07, 6.45) is 3.05. The Hall–Kier alpha value is -1.15. The van der Waals surface area contributed by atoms with Crippen molar-refractivity contribution in [3.63, 3.8) is 0 Å². The van der Waals surface area contributed by atoms with Crippen LogP contribution in [-0.2, 0) is 15.9 Å². The second kappa shape index (κ2) is 5.69. The Morgan fingerprint density at radius 1 is 1.35 bits per heavy atom. The Morgan fingerprint density at radius 2 is 2.05 bits per heavy atom. The van der Waals surface area contributed by atoms with Crippen LogP contribution in [0.25, 0.3) is 4.96 Å². The summed E-state index contributed by atoms with van der Waals surface area (Å²) in [5.74, 6) is 1.02. The number of ether oxygens (including phenoxy) is 2. The molecule has 0 bridgehead atoms. The summed E-state index contributed by atoms with van der Waals surface area (Å²) in [6.45, 7) is 2.22. The predicted molar refractivity (Wildman–Crippen MR) is 79.6 cm³/mol. The standard InChI is InChI=1S/C13H20N4O2S/c1-18-10-7-16(8-11(10)19-2)12-9(3-4-14)17-5-6-20-13(17)15-12/h5-6,10-11H,3-4,7-8,14H2,1-2H3. The topological polar surface area (TPSA) is 65.0 Å². The van der Waals surface area contributed by atoms with Crippen LogP contribution in [0, 0.1) is 0 Å². The first kappa shape index (κ1) is 13.8. The van der Waals surface area contributed by atoms with E-state index in [0.717, 1.165) is 30.3 Å². The molecule has 2 aromatic heterocycles.